The van der Waals surface area contributed by atoms with E-state index >= 15 is 0 Å². The molecule has 0 saturated heterocycles. The average Bonchev–Trinajstić information content (AvgIpc) is 2.96. The van der Waals surface area contributed by atoms with Gasteiger partial charge in [-0.3, -0.25) is 0 Å². The minimum absolute atomic E-state index is 0.0382. The van der Waals surface area contributed by atoms with E-state index in [0.717, 1.165) is 12.0 Å². The molecule has 0 unspecified atom stereocenters. The first-order valence-electron chi connectivity index (χ1n) is 5.22. The number of hydrogen-bond donors (Lipinski definition) is 0. The van der Waals surface area contributed by atoms with Crippen molar-refractivity contribution in [2.24, 2.45) is 11.8 Å². The third-order valence-electron chi connectivity index (χ3n) is 2.90. The predicted molar refractivity (Wildman–Crippen MR) is 60.4 cm³/mol. The molecule has 16 heavy (non-hydrogen) atoms. The Balaban J connectivity index is 2.14. The van der Waals surface area contributed by atoms with Crippen molar-refractivity contribution in [2.45, 2.75) is 18.2 Å². The van der Waals surface area contributed by atoms with E-state index in [1.165, 1.54) is 0 Å². The molecule has 1 aliphatic rings. The van der Waals surface area contributed by atoms with Gasteiger partial charge < -0.3 is 0 Å². The highest BCUT2D eigenvalue weighted by atomic mass is 32.2. The molecule has 0 spiro atoms. The highest BCUT2D eigenvalue weighted by molar-refractivity contribution is 7.91. The minimum atomic E-state index is -3.21. The van der Waals surface area contributed by atoms with Gasteiger partial charge in [0.05, 0.1) is 22.6 Å². The molecule has 0 radical (unpaired) electrons. The highest BCUT2D eigenvalue weighted by Gasteiger charge is 2.40. The van der Waals surface area contributed by atoms with Crippen molar-refractivity contribution < 1.29 is 8.42 Å². The zero-order chi connectivity index (χ0) is 11.8. The van der Waals surface area contributed by atoms with Gasteiger partial charge in [-0.05, 0) is 31.4 Å². The second-order valence-electron chi connectivity index (χ2n) is 4.33. The molecular formula is C12H13NO2S. The van der Waals surface area contributed by atoms with Gasteiger partial charge in [0.25, 0.3) is 0 Å². The maximum atomic E-state index is 11.9. The summed E-state index contributed by atoms with van der Waals surface area (Å²) in [6.07, 6.45) is 0.724. The van der Waals surface area contributed by atoms with E-state index < -0.39 is 9.84 Å². The molecule has 4 heteroatoms. The first-order valence-corrected chi connectivity index (χ1v) is 6.87. The maximum absolute atomic E-state index is 11.9. The van der Waals surface area contributed by atoms with Crippen LogP contribution < -0.4 is 0 Å². The fourth-order valence-corrected chi connectivity index (χ4v) is 3.39. The van der Waals surface area contributed by atoms with Crippen molar-refractivity contribution in [1.29, 1.82) is 5.26 Å². The van der Waals surface area contributed by atoms with Crippen LogP contribution >= 0.6 is 0 Å². The molecule has 0 aliphatic heterocycles. The molecule has 0 heterocycles. The maximum Gasteiger partial charge on any atom is 0.178 e. The van der Waals surface area contributed by atoms with E-state index in [9.17, 15) is 8.42 Å². The summed E-state index contributed by atoms with van der Waals surface area (Å²) in [5.74, 6) is 0.0883. The quantitative estimate of drug-likeness (QED) is 0.804. The van der Waals surface area contributed by atoms with E-state index in [1.807, 2.05) is 6.92 Å². The zero-order valence-electron chi connectivity index (χ0n) is 9.05. The van der Waals surface area contributed by atoms with Crippen LogP contribution in [-0.4, -0.2) is 14.2 Å². The molecule has 0 amide bonds. The van der Waals surface area contributed by atoms with Gasteiger partial charge in [0.1, 0.15) is 0 Å². The number of nitrogens with zero attached hydrogens (tertiary/aromatic N) is 1. The van der Waals surface area contributed by atoms with Crippen LogP contribution in [0.15, 0.2) is 29.2 Å². The Morgan fingerprint density at radius 1 is 1.38 bits per heavy atom. The van der Waals surface area contributed by atoms with E-state index in [1.54, 1.807) is 24.3 Å². The monoisotopic (exact) mass is 235 g/mol. The van der Waals surface area contributed by atoms with E-state index in [-0.39, 0.29) is 17.6 Å². The normalized spacial score (nSPS) is 23.8. The van der Waals surface area contributed by atoms with Crippen molar-refractivity contribution in [2.75, 3.05) is 5.75 Å². The van der Waals surface area contributed by atoms with Gasteiger partial charge in [0.2, 0.25) is 0 Å². The molecule has 1 saturated carbocycles. The lowest BCUT2D eigenvalue weighted by atomic mass is 10.2. The molecule has 0 bridgehead atoms. The van der Waals surface area contributed by atoms with Crippen LogP contribution in [-0.2, 0) is 9.84 Å². The number of benzene rings is 1. The Morgan fingerprint density at radius 3 is 2.50 bits per heavy atom. The fraction of sp³-hybridized carbons (Fsp3) is 0.417. The Bertz CT molecular complexity index is 525. The second kappa shape index (κ2) is 3.91. The van der Waals surface area contributed by atoms with Gasteiger partial charge in [0, 0.05) is 0 Å². The van der Waals surface area contributed by atoms with E-state index in [0.29, 0.717) is 4.90 Å². The summed E-state index contributed by atoms with van der Waals surface area (Å²) in [7, 11) is -3.21. The summed E-state index contributed by atoms with van der Waals surface area (Å²) in [6, 6.07) is 8.96. The van der Waals surface area contributed by atoms with Crippen LogP contribution in [0.25, 0.3) is 0 Å². The SMILES string of the molecule is Cc1ccc(S(=O)(=O)C[C@H]2C[C@@H]2C#N)cc1. The summed E-state index contributed by atoms with van der Waals surface area (Å²) in [5, 5.41) is 8.64. The first kappa shape index (κ1) is 11.2. The van der Waals surface area contributed by atoms with Crippen molar-refractivity contribution in [1.82, 2.24) is 0 Å². The van der Waals surface area contributed by atoms with Gasteiger partial charge >= 0.3 is 0 Å². The molecule has 1 aromatic carbocycles. The second-order valence-corrected chi connectivity index (χ2v) is 6.36. The number of sulfone groups is 1. The van der Waals surface area contributed by atoms with Crippen molar-refractivity contribution in [3.63, 3.8) is 0 Å². The van der Waals surface area contributed by atoms with Crippen LogP contribution in [0.5, 0.6) is 0 Å². The Labute approximate surface area is 95.6 Å². The molecule has 1 aromatic rings. The van der Waals surface area contributed by atoms with Crippen LogP contribution in [0.4, 0.5) is 0 Å². The molecule has 3 nitrogen and oxygen atoms in total. The molecule has 1 aliphatic carbocycles. The molecule has 0 aromatic heterocycles. The number of aryl methyl sites for hydroxylation is 1. The molecule has 0 N–H and O–H groups in total. The van der Waals surface area contributed by atoms with Gasteiger partial charge in [-0.2, -0.15) is 5.26 Å². The van der Waals surface area contributed by atoms with Gasteiger partial charge in [-0.25, -0.2) is 8.42 Å². The topological polar surface area (TPSA) is 57.9 Å². The summed E-state index contributed by atoms with van der Waals surface area (Å²) in [6.45, 7) is 1.92. The van der Waals surface area contributed by atoms with Crippen molar-refractivity contribution in [3.8, 4) is 6.07 Å². The molecule has 2 atom stereocenters. The summed E-state index contributed by atoms with van der Waals surface area (Å²) in [4.78, 5) is 0.363. The summed E-state index contributed by atoms with van der Waals surface area (Å²) < 4.78 is 23.9. The van der Waals surface area contributed by atoms with Gasteiger partial charge in [-0.15, -0.1) is 0 Å². The smallest absolute Gasteiger partial charge is 0.178 e. The summed E-state index contributed by atoms with van der Waals surface area (Å²) >= 11 is 0. The van der Waals surface area contributed by atoms with Crippen molar-refractivity contribution >= 4 is 9.84 Å². The molecule has 2 rings (SSSR count). The lowest BCUT2D eigenvalue weighted by Gasteiger charge is -2.03. The minimum Gasteiger partial charge on any atom is -0.224 e. The lowest BCUT2D eigenvalue weighted by Crippen LogP contribution is -2.09. The molecular weight excluding hydrogens is 222 g/mol. The van der Waals surface area contributed by atoms with Crippen molar-refractivity contribution in [3.05, 3.63) is 29.8 Å². The number of hydrogen-bond acceptors (Lipinski definition) is 3. The third-order valence-corrected chi connectivity index (χ3v) is 4.76. The van der Waals surface area contributed by atoms with E-state index in [2.05, 4.69) is 6.07 Å². The Hall–Kier alpha value is -1.34. The van der Waals surface area contributed by atoms with E-state index in [4.69, 9.17) is 5.26 Å². The van der Waals surface area contributed by atoms with Crippen LogP contribution in [0.1, 0.15) is 12.0 Å². The first-order chi connectivity index (χ1) is 7.53. The molecule has 84 valence electrons. The van der Waals surface area contributed by atoms with Crippen LogP contribution in [0, 0.1) is 30.1 Å². The standard InChI is InChI=1S/C12H13NO2S/c1-9-2-4-12(5-3-9)16(14,15)8-11-6-10(11)7-13/h2-5,10-11H,6,8H2,1H3/t10-,11-/m1/s1. The zero-order valence-corrected chi connectivity index (χ0v) is 9.87. The largest absolute Gasteiger partial charge is 0.224 e. The highest BCUT2D eigenvalue weighted by Crippen LogP contribution is 2.39. The molecule has 1 fully saturated rings. The average molecular weight is 235 g/mol. The number of nitriles is 1. The van der Waals surface area contributed by atoms with Gasteiger partial charge in [0.15, 0.2) is 9.84 Å². The lowest BCUT2D eigenvalue weighted by molar-refractivity contribution is 0.591. The fourth-order valence-electron chi connectivity index (χ4n) is 1.71. The van der Waals surface area contributed by atoms with Crippen LogP contribution in [0.3, 0.4) is 0 Å². The van der Waals surface area contributed by atoms with Crippen LogP contribution in [0.2, 0.25) is 0 Å². The summed E-state index contributed by atoms with van der Waals surface area (Å²) in [5.41, 5.74) is 1.04. The predicted octanol–water partition coefficient (Wildman–Crippen LogP) is 1.93. The Morgan fingerprint density at radius 2 is 2.00 bits per heavy atom. The Kier molecular flexibility index (Phi) is 2.73. The number of rotatable bonds is 3. The third kappa shape index (κ3) is 2.25. The van der Waals surface area contributed by atoms with Gasteiger partial charge in [-0.1, -0.05) is 17.7 Å².